The van der Waals surface area contributed by atoms with Gasteiger partial charge in [-0.15, -0.1) is 0 Å². The molecule has 15 heavy (non-hydrogen) atoms. The lowest BCUT2D eigenvalue weighted by Crippen LogP contribution is -2.07. The molecule has 2 nitrogen and oxygen atoms in total. The minimum atomic E-state index is -0.350. The van der Waals surface area contributed by atoms with Crippen molar-refractivity contribution in [2.75, 3.05) is 6.61 Å². The Morgan fingerprint density at radius 2 is 2.33 bits per heavy atom. The summed E-state index contributed by atoms with van der Waals surface area (Å²) in [6.07, 6.45) is 1.62. The lowest BCUT2D eigenvalue weighted by molar-refractivity contribution is 0.360. The Morgan fingerprint density at radius 1 is 1.60 bits per heavy atom. The summed E-state index contributed by atoms with van der Waals surface area (Å²) in [6.45, 7) is 2.05. The van der Waals surface area contributed by atoms with E-state index in [0.29, 0.717) is 17.9 Å². The van der Waals surface area contributed by atoms with Crippen LogP contribution in [0.5, 0.6) is 5.75 Å². The minimum Gasteiger partial charge on any atom is -0.489 e. The Kier molecular flexibility index (Phi) is 4.59. The van der Waals surface area contributed by atoms with Gasteiger partial charge in [0.05, 0.1) is 0 Å². The molecule has 0 spiro atoms. The van der Waals surface area contributed by atoms with Crippen LogP contribution in [0.4, 0.5) is 4.39 Å². The lowest BCUT2D eigenvalue weighted by atomic mass is 10.1. The number of nitrogens with two attached hydrogens (primary N) is 1. The van der Waals surface area contributed by atoms with Crippen LogP contribution in [-0.4, -0.2) is 6.61 Å². The van der Waals surface area contributed by atoms with Crippen LogP contribution in [0.25, 0.3) is 0 Å². The number of halogens is 2. The van der Waals surface area contributed by atoms with Crippen molar-refractivity contribution in [2.45, 2.75) is 13.0 Å². The molecule has 0 aliphatic rings. The van der Waals surface area contributed by atoms with Crippen LogP contribution in [0.3, 0.4) is 0 Å². The summed E-state index contributed by atoms with van der Waals surface area (Å²) in [7, 11) is 0. The van der Waals surface area contributed by atoms with Crippen LogP contribution in [0.15, 0.2) is 29.8 Å². The molecule has 1 rings (SSSR count). The smallest absolute Gasteiger partial charge is 0.131 e. The van der Waals surface area contributed by atoms with Crippen molar-refractivity contribution < 1.29 is 9.13 Å². The zero-order valence-electron chi connectivity index (χ0n) is 8.41. The number of hydrogen-bond acceptors (Lipinski definition) is 2. The zero-order valence-corrected chi connectivity index (χ0v) is 9.17. The molecule has 0 bridgehead atoms. The lowest BCUT2D eigenvalue weighted by Gasteiger charge is -2.09. The topological polar surface area (TPSA) is 35.2 Å². The zero-order chi connectivity index (χ0) is 11.3. The molecule has 0 fully saturated rings. The van der Waals surface area contributed by atoms with E-state index in [2.05, 4.69) is 0 Å². The van der Waals surface area contributed by atoms with Crippen LogP contribution < -0.4 is 10.5 Å². The van der Waals surface area contributed by atoms with E-state index in [0.717, 1.165) is 0 Å². The van der Waals surface area contributed by atoms with Gasteiger partial charge in [0.25, 0.3) is 0 Å². The third-order valence-corrected chi connectivity index (χ3v) is 2.08. The Morgan fingerprint density at radius 3 is 2.87 bits per heavy atom. The normalized spacial score (nSPS) is 13.1. The minimum absolute atomic E-state index is 0.318. The first kappa shape index (κ1) is 12.0. The number of hydrogen-bond donors (Lipinski definition) is 1. The first-order valence-corrected chi connectivity index (χ1v) is 5.02. The molecule has 0 aliphatic carbocycles. The van der Waals surface area contributed by atoms with Crippen molar-refractivity contribution in [3.05, 3.63) is 41.2 Å². The van der Waals surface area contributed by atoms with Gasteiger partial charge in [-0.3, -0.25) is 0 Å². The number of ether oxygens (including phenoxy) is 1. The highest BCUT2D eigenvalue weighted by Gasteiger charge is 2.07. The summed E-state index contributed by atoms with van der Waals surface area (Å²) >= 11 is 5.31. The molecule has 0 aliphatic heterocycles. The Hall–Kier alpha value is -1.06. The summed E-state index contributed by atoms with van der Waals surface area (Å²) in [5.74, 6) is 0.115. The van der Waals surface area contributed by atoms with E-state index in [1.54, 1.807) is 25.1 Å². The van der Waals surface area contributed by atoms with Crippen LogP contribution in [0, 0.1) is 5.82 Å². The van der Waals surface area contributed by atoms with Crippen molar-refractivity contribution in [3.63, 3.8) is 0 Å². The van der Waals surface area contributed by atoms with Crippen LogP contribution in [-0.2, 0) is 0 Å². The fourth-order valence-corrected chi connectivity index (χ4v) is 1.22. The van der Waals surface area contributed by atoms with E-state index in [9.17, 15) is 4.39 Å². The second-order valence-electron chi connectivity index (χ2n) is 3.14. The van der Waals surface area contributed by atoms with Gasteiger partial charge in [0, 0.05) is 23.2 Å². The fourth-order valence-electron chi connectivity index (χ4n) is 1.15. The van der Waals surface area contributed by atoms with Gasteiger partial charge in [-0.25, -0.2) is 4.39 Å². The second-order valence-corrected chi connectivity index (χ2v) is 3.40. The van der Waals surface area contributed by atoms with Crippen molar-refractivity contribution >= 4 is 11.6 Å². The van der Waals surface area contributed by atoms with Gasteiger partial charge in [-0.1, -0.05) is 17.7 Å². The third kappa shape index (κ3) is 3.53. The van der Waals surface area contributed by atoms with E-state index < -0.39 is 0 Å². The molecule has 0 amide bonds. The fraction of sp³-hybridized carbons (Fsp3) is 0.273. The summed E-state index contributed by atoms with van der Waals surface area (Å²) < 4.78 is 18.6. The van der Waals surface area contributed by atoms with Crippen LogP contribution >= 0.6 is 11.6 Å². The highest BCUT2D eigenvalue weighted by Crippen LogP contribution is 2.20. The van der Waals surface area contributed by atoms with E-state index in [1.807, 2.05) is 0 Å². The first-order chi connectivity index (χ1) is 7.15. The highest BCUT2D eigenvalue weighted by molar-refractivity contribution is 6.25. The molecule has 1 aromatic carbocycles. The van der Waals surface area contributed by atoms with Gasteiger partial charge in [0.1, 0.15) is 18.2 Å². The molecule has 2 N–H and O–H groups in total. The van der Waals surface area contributed by atoms with Gasteiger partial charge in [0.2, 0.25) is 0 Å². The Labute approximate surface area is 93.5 Å². The van der Waals surface area contributed by atoms with Crippen molar-refractivity contribution in [3.8, 4) is 5.75 Å². The van der Waals surface area contributed by atoms with Gasteiger partial charge in [-0.2, -0.15) is 0 Å². The molecule has 0 aromatic heterocycles. The maximum absolute atomic E-state index is 13.4. The molecule has 82 valence electrons. The Bertz CT molecular complexity index is 352. The maximum atomic E-state index is 13.4. The monoisotopic (exact) mass is 229 g/mol. The molecule has 1 atom stereocenters. The Balaban J connectivity index is 2.73. The van der Waals surface area contributed by atoms with E-state index >= 15 is 0 Å². The average molecular weight is 230 g/mol. The predicted molar refractivity (Wildman–Crippen MR) is 59.5 cm³/mol. The molecule has 0 radical (unpaired) electrons. The predicted octanol–water partition coefficient (Wildman–Crippen LogP) is 2.98. The quantitative estimate of drug-likeness (QED) is 0.862. The van der Waals surface area contributed by atoms with Gasteiger partial charge in [-0.05, 0) is 19.1 Å². The first-order valence-electron chi connectivity index (χ1n) is 4.58. The SMILES string of the molecule is C[C@@H](N)c1ccc(OC/C=C/Cl)cc1F. The van der Waals surface area contributed by atoms with E-state index in [-0.39, 0.29) is 11.9 Å². The van der Waals surface area contributed by atoms with Crippen molar-refractivity contribution in [2.24, 2.45) is 5.73 Å². The van der Waals surface area contributed by atoms with Gasteiger partial charge >= 0.3 is 0 Å². The summed E-state index contributed by atoms with van der Waals surface area (Å²) in [6, 6.07) is 4.31. The van der Waals surface area contributed by atoms with Gasteiger partial charge in [0.15, 0.2) is 0 Å². The molecule has 1 aromatic rings. The maximum Gasteiger partial charge on any atom is 0.131 e. The molecular formula is C11H13ClFNO. The largest absolute Gasteiger partial charge is 0.489 e. The van der Waals surface area contributed by atoms with Crippen LogP contribution in [0.2, 0.25) is 0 Å². The highest BCUT2D eigenvalue weighted by atomic mass is 35.5. The third-order valence-electron chi connectivity index (χ3n) is 1.90. The molecule has 4 heteroatoms. The average Bonchev–Trinajstić information content (AvgIpc) is 2.17. The summed E-state index contributed by atoms with van der Waals surface area (Å²) in [4.78, 5) is 0. The van der Waals surface area contributed by atoms with Crippen molar-refractivity contribution in [1.29, 1.82) is 0 Å². The second kappa shape index (κ2) is 5.73. The molecule has 0 saturated heterocycles. The van der Waals surface area contributed by atoms with Crippen molar-refractivity contribution in [1.82, 2.24) is 0 Å². The van der Waals surface area contributed by atoms with E-state index in [4.69, 9.17) is 22.1 Å². The molecule has 0 heterocycles. The molecule has 0 unspecified atom stereocenters. The van der Waals surface area contributed by atoms with E-state index in [1.165, 1.54) is 11.6 Å². The summed E-state index contributed by atoms with van der Waals surface area (Å²) in [5.41, 5.74) is 7.41. The molecule has 0 saturated carbocycles. The number of rotatable bonds is 4. The standard InChI is InChI=1S/C11H13ClFNO/c1-8(14)10-4-3-9(7-11(10)13)15-6-2-5-12/h2-5,7-8H,6,14H2,1H3/b5-2+/t8-/m1/s1. The van der Waals surface area contributed by atoms with Gasteiger partial charge < -0.3 is 10.5 Å². The summed E-state index contributed by atoms with van der Waals surface area (Å²) in [5, 5.41) is 0. The number of benzene rings is 1. The molecular weight excluding hydrogens is 217 g/mol. The van der Waals surface area contributed by atoms with Crippen LogP contribution in [0.1, 0.15) is 18.5 Å².